The number of ether oxygens (including phenoxy) is 2. The van der Waals surface area contributed by atoms with Gasteiger partial charge in [0.15, 0.2) is 17.3 Å². The molecule has 6 nitrogen and oxygen atoms in total. The number of hydrazone groups is 1. The standard InChI is InChI=1S/C25H22N2O4/c1-3-14-30-24-18(9-7-11-22(24)29-4-2)16-26-27-25(28)23-15-20-19-10-6-5-8-17(19)12-13-21(20)31-23/h3,5-13,15-16H,1,4,14H2,2H3,(H,27,28)/b26-16+. The van der Waals surface area contributed by atoms with Gasteiger partial charge in [-0.3, -0.25) is 4.79 Å². The topological polar surface area (TPSA) is 73.1 Å². The van der Waals surface area contributed by atoms with Crippen LogP contribution in [-0.4, -0.2) is 25.3 Å². The van der Waals surface area contributed by atoms with Crippen molar-refractivity contribution >= 4 is 33.9 Å². The van der Waals surface area contributed by atoms with Crippen LogP contribution in [0.4, 0.5) is 0 Å². The van der Waals surface area contributed by atoms with Gasteiger partial charge in [0.2, 0.25) is 0 Å². The lowest BCUT2D eigenvalue weighted by Gasteiger charge is -2.12. The second-order valence-corrected chi connectivity index (χ2v) is 6.72. The Labute approximate surface area is 179 Å². The summed E-state index contributed by atoms with van der Waals surface area (Å²) in [4.78, 5) is 12.6. The number of carbonyl (C=O) groups is 1. The summed E-state index contributed by atoms with van der Waals surface area (Å²) in [7, 11) is 0. The number of hydrogen-bond acceptors (Lipinski definition) is 5. The van der Waals surface area contributed by atoms with Gasteiger partial charge < -0.3 is 13.9 Å². The molecule has 0 unspecified atom stereocenters. The first-order valence-electron chi connectivity index (χ1n) is 9.95. The highest BCUT2D eigenvalue weighted by Crippen LogP contribution is 2.31. The van der Waals surface area contributed by atoms with Crippen molar-refractivity contribution in [3.8, 4) is 11.5 Å². The van der Waals surface area contributed by atoms with Crippen molar-refractivity contribution in [2.75, 3.05) is 13.2 Å². The van der Waals surface area contributed by atoms with E-state index in [1.54, 1.807) is 12.1 Å². The zero-order chi connectivity index (χ0) is 21.6. The summed E-state index contributed by atoms with van der Waals surface area (Å²) in [6.45, 7) is 6.39. The van der Waals surface area contributed by atoms with Crippen LogP contribution in [0.2, 0.25) is 0 Å². The van der Waals surface area contributed by atoms with Crippen LogP contribution in [0.25, 0.3) is 21.7 Å². The molecule has 0 spiro atoms. The van der Waals surface area contributed by atoms with Gasteiger partial charge in [-0.2, -0.15) is 5.10 Å². The Morgan fingerprint density at radius 1 is 1.10 bits per heavy atom. The number of nitrogens with one attached hydrogen (secondary N) is 1. The molecule has 6 heteroatoms. The van der Waals surface area contributed by atoms with Crippen LogP contribution in [0.15, 0.2) is 82.8 Å². The minimum atomic E-state index is -0.439. The van der Waals surface area contributed by atoms with Crippen molar-refractivity contribution in [3.05, 3.63) is 84.6 Å². The molecule has 0 aliphatic carbocycles. The van der Waals surface area contributed by atoms with E-state index in [1.165, 1.54) is 6.21 Å². The second kappa shape index (κ2) is 9.17. The van der Waals surface area contributed by atoms with Gasteiger partial charge in [-0.1, -0.05) is 49.1 Å². The van der Waals surface area contributed by atoms with Crippen LogP contribution in [-0.2, 0) is 0 Å². The first-order valence-corrected chi connectivity index (χ1v) is 9.95. The molecule has 1 N–H and O–H groups in total. The number of nitrogens with zero attached hydrogens (tertiary/aromatic N) is 1. The van der Waals surface area contributed by atoms with Crippen molar-refractivity contribution in [2.24, 2.45) is 5.10 Å². The van der Waals surface area contributed by atoms with Gasteiger partial charge in [-0.05, 0) is 42.0 Å². The van der Waals surface area contributed by atoms with Crippen LogP contribution >= 0.6 is 0 Å². The number of rotatable bonds is 8. The highest BCUT2D eigenvalue weighted by atomic mass is 16.5. The third kappa shape index (κ3) is 4.28. The molecule has 1 amide bonds. The minimum absolute atomic E-state index is 0.190. The van der Waals surface area contributed by atoms with Crippen LogP contribution < -0.4 is 14.9 Å². The predicted octanol–water partition coefficient (Wildman–Crippen LogP) is 5.31. The van der Waals surface area contributed by atoms with Crippen molar-refractivity contribution in [1.29, 1.82) is 0 Å². The van der Waals surface area contributed by atoms with E-state index in [1.807, 2.05) is 61.5 Å². The minimum Gasteiger partial charge on any atom is -0.490 e. The molecule has 0 aliphatic rings. The average Bonchev–Trinajstić information content (AvgIpc) is 3.24. The fourth-order valence-electron chi connectivity index (χ4n) is 3.32. The number of amides is 1. The van der Waals surface area contributed by atoms with Crippen LogP contribution in [0.3, 0.4) is 0 Å². The highest BCUT2D eigenvalue weighted by Gasteiger charge is 2.14. The molecule has 1 aromatic heterocycles. The van der Waals surface area contributed by atoms with Crippen molar-refractivity contribution in [1.82, 2.24) is 5.43 Å². The molecule has 1 heterocycles. The Kier molecular flexibility index (Phi) is 5.98. The number of para-hydroxylation sites is 1. The van der Waals surface area contributed by atoms with Crippen molar-refractivity contribution in [3.63, 3.8) is 0 Å². The van der Waals surface area contributed by atoms with E-state index in [0.717, 1.165) is 16.2 Å². The third-order valence-electron chi connectivity index (χ3n) is 4.67. The van der Waals surface area contributed by atoms with E-state index in [4.69, 9.17) is 13.9 Å². The highest BCUT2D eigenvalue weighted by molar-refractivity contribution is 6.08. The maximum atomic E-state index is 12.6. The lowest BCUT2D eigenvalue weighted by atomic mass is 10.1. The molecular formula is C25H22N2O4. The van der Waals surface area contributed by atoms with Gasteiger partial charge in [-0.25, -0.2) is 5.43 Å². The van der Waals surface area contributed by atoms with E-state index in [9.17, 15) is 4.79 Å². The number of hydrogen-bond donors (Lipinski definition) is 1. The molecule has 0 fully saturated rings. The molecule has 31 heavy (non-hydrogen) atoms. The van der Waals surface area contributed by atoms with Crippen molar-refractivity contribution in [2.45, 2.75) is 6.92 Å². The van der Waals surface area contributed by atoms with Gasteiger partial charge in [-0.15, -0.1) is 0 Å². The second-order valence-electron chi connectivity index (χ2n) is 6.72. The number of furan rings is 1. The molecule has 0 bridgehead atoms. The molecular weight excluding hydrogens is 392 g/mol. The molecule has 156 valence electrons. The molecule has 4 aromatic rings. The SMILES string of the molecule is C=CCOc1c(/C=N/NC(=O)c2cc3c(ccc4ccccc43)o2)cccc1OCC. The Morgan fingerprint density at radius 2 is 1.97 bits per heavy atom. The van der Waals surface area contributed by atoms with E-state index in [2.05, 4.69) is 17.1 Å². The van der Waals surface area contributed by atoms with Crippen molar-refractivity contribution < 1.29 is 18.7 Å². The van der Waals surface area contributed by atoms with Crippen LogP contribution in [0.1, 0.15) is 23.0 Å². The Morgan fingerprint density at radius 3 is 2.81 bits per heavy atom. The molecule has 3 aromatic carbocycles. The number of fused-ring (bicyclic) bond motifs is 3. The molecule has 0 saturated carbocycles. The summed E-state index contributed by atoms with van der Waals surface area (Å²) in [5.74, 6) is 0.891. The summed E-state index contributed by atoms with van der Waals surface area (Å²) in [6, 6.07) is 19.0. The Hall–Kier alpha value is -4.06. The summed E-state index contributed by atoms with van der Waals surface area (Å²) in [5, 5.41) is 7.08. The maximum Gasteiger partial charge on any atom is 0.307 e. The van der Waals surface area contributed by atoms with Gasteiger partial charge in [0, 0.05) is 10.9 Å². The lowest BCUT2D eigenvalue weighted by Crippen LogP contribution is -2.16. The number of carbonyl (C=O) groups excluding carboxylic acids is 1. The van der Waals surface area contributed by atoms with Gasteiger partial charge >= 0.3 is 5.91 Å². The monoisotopic (exact) mass is 414 g/mol. The first-order chi connectivity index (χ1) is 15.2. The van der Waals surface area contributed by atoms with E-state index < -0.39 is 5.91 Å². The Balaban J connectivity index is 1.55. The van der Waals surface area contributed by atoms with Gasteiger partial charge in [0.1, 0.15) is 12.2 Å². The predicted molar refractivity (Wildman–Crippen MR) is 122 cm³/mol. The van der Waals surface area contributed by atoms with E-state index >= 15 is 0 Å². The summed E-state index contributed by atoms with van der Waals surface area (Å²) >= 11 is 0. The smallest absolute Gasteiger partial charge is 0.307 e. The van der Waals surface area contributed by atoms with E-state index in [0.29, 0.717) is 35.9 Å². The largest absolute Gasteiger partial charge is 0.490 e. The fourth-order valence-corrected chi connectivity index (χ4v) is 3.32. The fraction of sp³-hybridized carbons (Fsp3) is 0.120. The summed E-state index contributed by atoms with van der Waals surface area (Å²) < 4.78 is 17.1. The normalized spacial score (nSPS) is 11.1. The number of benzene rings is 3. The molecule has 0 saturated heterocycles. The van der Waals surface area contributed by atoms with E-state index in [-0.39, 0.29) is 5.76 Å². The first kappa shape index (κ1) is 20.2. The maximum absolute atomic E-state index is 12.6. The molecule has 0 atom stereocenters. The zero-order valence-corrected chi connectivity index (χ0v) is 17.1. The molecule has 4 rings (SSSR count). The summed E-state index contributed by atoms with van der Waals surface area (Å²) in [6.07, 6.45) is 3.16. The molecule has 0 radical (unpaired) electrons. The zero-order valence-electron chi connectivity index (χ0n) is 17.1. The van der Waals surface area contributed by atoms with Crippen LogP contribution in [0.5, 0.6) is 11.5 Å². The lowest BCUT2D eigenvalue weighted by molar-refractivity contribution is 0.0929. The Bertz CT molecular complexity index is 1270. The average molecular weight is 414 g/mol. The summed E-state index contributed by atoms with van der Waals surface area (Å²) in [5.41, 5.74) is 3.83. The molecule has 0 aliphatic heterocycles. The van der Waals surface area contributed by atoms with Gasteiger partial charge in [0.25, 0.3) is 0 Å². The van der Waals surface area contributed by atoms with Crippen LogP contribution in [0, 0.1) is 0 Å². The third-order valence-corrected chi connectivity index (χ3v) is 4.67. The quantitative estimate of drug-likeness (QED) is 0.241. The van der Waals surface area contributed by atoms with Gasteiger partial charge in [0.05, 0.1) is 12.8 Å².